The molecule has 2 aliphatic heterocycles. The first-order valence-corrected chi connectivity index (χ1v) is 10.6. The fraction of sp³-hybridized carbons (Fsp3) is 0.435. The lowest BCUT2D eigenvalue weighted by atomic mass is 9.94. The number of Topliss-reactive ketones (excluding diaryl/α,β-unsaturated/α-hetero) is 1. The van der Waals surface area contributed by atoms with E-state index in [0.29, 0.717) is 42.3 Å². The maximum absolute atomic E-state index is 14.1. The number of rotatable bonds is 5. The number of ether oxygens (including phenoxy) is 1. The molecule has 0 spiro atoms. The van der Waals surface area contributed by atoms with Crippen molar-refractivity contribution in [1.82, 2.24) is 19.6 Å². The van der Waals surface area contributed by atoms with Crippen LogP contribution in [0.15, 0.2) is 29.8 Å². The molecule has 2 aliphatic rings. The maximum atomic E-state index is 14.1. The quantitative estimate of drug-likeness (QED) is 0.433. The number of carbonyl (C=O) groups excluding carboxylic acids is 2. The lowest BCUT2D eigenvalue weighted by molar-refractivity contribution is -0.140. The van der Waals surface area contributed by atoms with Crippen LogP contribution in [0.1, 0.15) is 28.6 Å². The standard InChI is InChI=1S/C23H27FN4O4/c1-14-18(15(2)26(3)25-14)21(29)19-20(16-5-4-6-17(24)13-16)28(23(31)22(19)30)8-7-27-9-11-32-12-10-27/h4-6,13,20,29H,7-12H2,1-3H3/t20-/m1/s1. The van der Waals surface area contributed by atoms with Gasteiger partial charge in [-0.25, -0.2) is 4.39 Å². The molecule has 1 aromatic carbocycles. The number of hydrogen-bond acceptors (Lipinski definition) is 6. The molecule has 170 valence electrons. The van der Waals surface area contributed by atoms with Crippen molar-refractivity contribution in [2.24, 2.45) is 7.05 Å². The average Bonchev–Trinajstić information content (AvgIpc) is 3.18. The van der Waals surface area contributed by atoms with Crippen molar-refractivity contribution in [3.8, 4) is 0 Å². The third-order valence-electron chi connectivity index (χ3n) is 6.21. The van der Waals surface area contributed by atoms with Crippen molar-refractivity contribution >= 4 is 17.4 Å². The summed E-state index contributed by atoms with van der Waals surface area (Å²) in [6, 6.07) is 4.92. The predicted molar refractivity (Wildman–Crippen MR) is 115 cm³/mol. The molecular formula is C23H27FN4O4. The molecule has 2 aromatic rings. The molecule has 0 bridgehead atoms. The third kappa shape index (κ3) is 3.93. The number of morpholine rings is 1. The number of hydrogen-bond donors (Lipinski definition) is 1. The molecule has 2 saturated heterocycles. The molecule has 0 radical (unpaired) electrons. The molecule has 1 aromatic heterocycles. The minimum absolute atomic E-state index is 0.0400. The number of aliphatic hydroxyl groups is 1. The Balaban J connectivity index is 1.79. The Morgan fingerprint density at radius 1 is 1.22 bits per heavy atom. The van der Waals surface area contributed by atoms with Gasteiger partial charge in [0.25, 0.3) is 11.7 Å². The van der Waals surface area contributed by atoms with Gasteiger partial charge in [0.05, 0.1) is 36.1 Å². The molecule has 0 aliphatic carbocycles. The molecule has 32 heavy (non-hydrogen) atoms. The van der Waals surface area contributed by atoms with Crippen LogP contribution in [-0.2, 0) is 21.4 Å². The summed E-state index contributed by atoms with van der Waals surface area (Å²) in [5.41, 5.74) is 2.02. The van der Waals surface area contributed by atoms with E-state index in [4.69, 9.17) is 4.74 Å². The van der Waals surface area contributed by atoms with Crippen LogP contribution in [0.5, 0.6) is 0 Å². The van der Waals surface area contributed by atoms with E-state index < -0.39 is 23.5 Å². The van der Waals surface area contributed by atoms with Gasteiger partial charge in [0.1, 0.15) is 11.6 Å². The average molecular weight is 442 g/mol. The van der Waals surface area contributed by atoms with Crippen LogP contribution in [0.3, 0.4) is 0 Å². The van der Waals surface area contributed by atoms with Crippen LogP contribution >= 0.6 is 0 Å². The molecule has 1 atom stereocenters. The highest BCUT2D eigenvalue weighted by molar-refractivity contribution is 6.46. The number of benzene rings is 1. The Morgan fingerprint density at radius 2 is 1.94 bits per heavy atom. The SMILES string of the molecule is Cc1nn(C)c(C)c1C(O)=C1C(=O)C(=O)N(CCN2CCOCC2)[C@@H]1c1cccc(F)c1. The molecule has 4 rings (SSSR count). The van der Waals surface area contributed by atoms with Crippen LogP contribution in [0, 0.1) is 19.7 Å². The Labute approximate surface area is 185 Å². The number of aryl methyl sites for hydroxylation is 2. The zero-order valence-electron chi connectivity index (χ0n) is 18.5. The van der Waals surface area contributed by atoms with Gasteiger partial charge in [-0.05, 0) is 31.5 Å². The Morgan fingerprint density at radius 3 is 2.56 bits per heavy atom. The van der Waals surface area contributed by atoms with Gasteiger partial charge in [0.2, 0.25) is 0 Å². The number of ketones is 1. The number of carbonyl (C=O) groups is 2. The van der Waals surface area contributed by atoms with E-state index in [0.717, 1.165) is 13.1 Å². The van der Waals surface area contributed by atoms with Gasteiger partial charge < -0.3 is 14.7 Å². The summed E-state index contributed by atoms with van der Waals surface area (Å²) < 4.78 is 21.1. The Bertz CT molecular complexity index is 1090. The second-order valence-corrected chi connectivity index (χ2v) is 8.17. The molecule has 0 unspecified atom stereocenters. The van der Waals surface area contributed by atoms with E-state index in [1.165, 1.54) is 23.1 Å². The van der Waals surface area contributed by atoms with E-state index in [9.17, 15) is 19.1 Å². The monoisotopic (exact) mass is 442 g/mol. The van der Waals surface area contributed by atoms with Crippen LogP contribution in [0.25, 0.3) is 5.76 Å². The van der Waals surface area contributed by atoms with Gasteiger partial charge in [-0.3, -0.25) is 19.2 Å². The topological polar surface area (TPSA) is 87.9 Å². The first-order chi connectivity index (χ1) is 15.3. The van der Waals surface area contributed by atoms with Crippen molar-refractivity contribution < 1.29 is 23.8 Å². The number of likely N-dealkylation sites (tertiary alicyclic amines) is 1. The fourth-order valence-corrected chi connectivity index (χ4v) is 4.46. The van der Waals surface area contributed by atoms with Crippen molar-refractivity contribution in [3.05, 3.63) is 58.2 Å². The summed E-state index contributed by atoms with van der Waals surface area (Å²) in [7, 11) is 1.74. The molecule has 1 amide bonds. The van der Waals surface area contributed by atoms with E-state index in [2.05, 4.69) is 10.00 Å². The van der Waals surface area contributed by atoms with Gasteiger partial charge in [0.15, 0.2) is 0 Å². The Hall–Kier alpha value is -3.04. The van der Waals surface area contributed by atoms with Crippen molar-refractivity contribution in [3.63, 3.8) is 0 Å². The third-order valence-corrected chi connectivity index (χ3v) is 6.21. The number of aliphatic hydroxyl groups excluding tert-OH is 1. The smallest absolute Gasteiger partial charge is 0.295 e. The van der Waals surface area contributed by atoms with Gasteiger partial charge in [-0.2, -0.15) is 5.10 Å². The second kappa shape index (κ2) is 8.84. The van der Waals surface area contributed by atoms with Gasteiger partial charge in [-0.1, -0.05) is 12.1 Å². The summed E-state index contributed by atoms with van der Waals surface area (Å²) in [6.07, 6.45) is 0. The lowest BCUT2D eigenvalue weighted by Crippen LogP contribution is -2.42. The minimum Gasteiger partial charge on any atom is -0.507 e. The molecule has 2 fully saturated rings. The summed E-state index contributed by atoms with van der Waals surface area (Å²) in [6.45, 7) is 7.04. The highest BCUT2D eigenvalue weighted by atomic mass is 19.1. The second-order valence-electron chi connectivity index (χ2n) is 8.17. The summed E-state index contributed by atoms with van der Waals surface area (Å²) in [4.78, 5) is 29.7. The summed E-state index contributed by atoms with van der Waals surface area (Å²) in [5, 5.41) is 15.5. The molecular weight excluding hydrogens is 415 g/mol. The molecule has 8 nitrogen and oxygen atoms in total. The minimum atomic E-state index is -0.884. The van der Waals surface area contributed by atoms with Crippen LogP contribution in [0.2, 0.25) is 0 Å². The molecule has 1 N–H and O–H groups in total. The highest BCUT2D eigenvalue weighted by Gasteiger charge is 2.46. The molecule has 0 saturated carbocycles. The highest BCUT2D eigenvalue weighted by Crippen LogP contribution is 2.40. The number of aromatic nitrogens is 2. The van der Waals surface area contributed by atoms with Crippen LogP contribution in [0.4, 0.5) is 4.39 Å². The van der Waals surface area contributed by atoms with Gasteiger partial charge in [-0.15, -0.1) is 0 Å². The molecule has 3 heterocycles. The van der Waals surface area contributed by atoms with E-state index in [1.54, 1.807) is 31.6 Å². The first kappa shape index (κ1) is 22.2. The van der Waals surface area contributed by atoms with Crippen LogP contribution < -0.4 is 0 Å². The van der Waals surface area contributed by atoms with Gasteiger partial charge in [0, 0.05) is 38.9 Å². The fourth-order valence-electron chi connectivity index (χ4n) is 4.46. The van der Waals surface area contributed by atoms with E-state index >= 15 is 0 Å². The Kier molecular flexibility index (Phi) is 6.12. The molecule has 9 heteroatoms. The maximum Gasteiger partial charge on any atom is 0.295 e. The predicted octanol–water partition coefficient (Wildman–Crippen LogP) is 1.93. The van der Waals surface area contributed by atoms with Gasteiger partial charge >= 0.3 is 0 Å². The zero-order chi connectivity index (χ0) is 23.0. The number of nitrogens with zero attached hydrogens (tertiary/aromatic N) is 4. The lowest BCUT2D eigenvalue weighted by Gasteiger charge is -2.31. The zero-order valence-corrected chi connectivity index (χ0v) is 18.5. The summed E-state index contributed by atoms with van der Waals surface area (Å²) >= 11 is 0. The normalized spacial score (nSPS) is 21.5. The van der Waals surface area contributed by atoms with Crippen molar-refractivity contribution in [1.29, 1.82) is 0 Å². The van der Waals surface area contributed by atoms with Crippen molar-refractivity contribution in [2.45, 2.75) is 19.9 Å². The number of amides is 1. The largest absolute Gasteiger partial charge is 0.507 e. The van der Waals surface area contributed by atoms with Crippen molar-refractivity contribution in [2.75, 3.05) is 39.4 Å². The first-order valence-electron chi connectivity index (χ1n) is 10.6. The van der Waals surface area contributed by atoms with E-state index in [-0.39, 0.29) is 17.9 Å². The van der Waals surface area contributed by atoms with E-state index in [1.807, 2.05) is 0 Å². The summed E-state index contributed by atoms with van der Waals surface area (Å²) in [5.74, 6) is -2.24. The van der Waals surface area contributed by atoms with Crippen LogP contribution in [-0.4, -0.2) is 75.8 Å². The number of halogens is 1.